The van der Waals surface area contributed by atoms with Gasteiger partial charge in [-0.05, 0) is 31.0 Å². The molecule has 20 heavy (non-hydrogen) atoms. The van der Waals surface area contributed by atoms with Crippen molar-refractivity contribution in [2.75, 3.05) is 32.2 Å². The highest BCUT2D eigenvalue weighted by Gasteiger charge is 2.27. The Morgan fingerprint density at radius 2 is 2.15 bits per heavy atom. The van der Waals surface area contributed by atoms with E-state index in [1.165, 1.54) is 7.11 Å². The van der Waals surface area contributed by atoms with Crippen LogP contribution in [0, 0.1) is 6.92 Å². The van der Waals surface area contributed by atoms with E-state index in [4.69, 9.17) is 15.2 Å². The predicted octanol–water partition coefficient (Wildman–Crippen LogP) is 1.33. The van der Waals surface area contributed by atoms with Gasteiger partial charge in [-0.3, -0.25) is 0 Å². The predicted molar refractivity (Wildman–Crippen MR) is 78.1 cm³/mol. The maximum atomic E-state index is 11.8. The number of esters is 1. The minimum absolute atomic E-state index is 0.0200. The lowest BCUT2D eigenvalue weighted by Gasteiger charge is -2.37. The van der Waals surface area contributed by atoms with Crippen molar-refractivity contribution in [1.82, 2.24) is 0 Å². The number of nitrogens with two attached hydrogens (primary N) is 1. The van der Waals surface area contributed by atoms with Gasteiger partial charge in [-0.2, -0.15) is 0 Å². The van der Waals surface area contributed by atoms with Gasteiger partial charge in [0.2, 0.25) is 0 Å². The monoisotopic (exact) mass is 278 g/mol. The number of anilines is 1. The van der Waals surface area contributed by atoms with Crippen molar-refractivity contribution < 1.29 is 14.3 Å². The molecule has 5 heteroatoms. The van der Waals surface area contributed by atoms with Crippen LogP contribution in [0.15, 0.2) is 18.2 Å². The molecule has 0 spiro atoms. The third-order valence-electron chi connectivity index (χ3n) is 3.90. The van der Waals surface area contributed by atoms with Gasteiger partial charge in [-0.15, -0.1) is 0 Å². The van der Waals surface area contributed by atoms with Gasteiger partial charge in [0.15, 0.2) is 0 Å². The summed E-state index contributed by atoms with van der Waals surface area (Å²) >= 11 is 0. The highest BCUT2D eigenvalue weighted by molar-refractivity contribution is 5.92. The van der Waals surface area contributed by atoms with Crippen LogP contribution in [0.4, 0.5) is 5.69 Å². The molecular weight excluding hydrogens is 256 g/mol. The van der Waals surface area contributed by atoms with Gasteiger partial charge in [0, 0.05) is 31.9 Å². The van der Waals surface area contributed by atoms with Gasteiger partial charge >= 0.3 is 5.97 Å². The summed E-state index contributed by atoms with van der Waals surface area (Å²) < 4.78 is 10.2. The molecule has 2 N–H and O–H groups in total. The van der Waals surface area contributed by atoms with Crippen LogP contribution in [0.5, 0.6) is 0 Å². The normalized spacial score (nSPS) is 22.7. The lowest BCUT2D eigenvalue weighted by Crippen LogP contribution is -2.51. The molecule has 0 unspecified atom stereocenters. The molecule has 1 fully saturated rings. The van der Waals surface area contributed by atoms with E-state index in [0.29, 0.717) is 5.56 Å². The van der Waals surface area contributed by atoms with E-state index in [-0.39, 0.29) is 18.1 Å². The highest BCUT2D eigenvalue weighted by atomic mass is 16.5. The molecule has 1 aliphatic rings. The molecule has 110 valence electrons. The zero-order valence-electron chi connectivity index (χ0n) is 12.3. The van der Waals surface area contributed by atoms with E-state index in [1.54, 1.807) is 7.11 Å². The fourth-order valence-corrected chi connectivity index (χ4v) is 2.56. The molecule has 1 aromatic carbocycles. The highest BCUT2D eigenvalue weighted by Crippen LogP contribution is 2.24. The summed E-state index contributed by atoms with van der Waals surface area (Å²) in [6.45, 7) is 3.51. The molecule has 0 amide bonds. The quantitative estimate of drug-likeness (QED) is 0.845. The number of piperidine rings is 1. The lowest BCUT2D eigenvalue weighted by molar-refractivity contribution is 0.0600. The molecular formula is C15H22N2O3. The zero-order valence-corrected chi connectivity index (χ0v) is 12.3. The van der Waals surface area contributed by atoms with Crippen molar-refractivity contribution >= 4 is 11.7 Å². The molecule has 0 aliphatic carbocycles. The van der Waals surface area contributed by atoms with Crippen LogP contribution >= 0.6 is 0 Å². The summed E-state index contributed by atoms with van der Waals surface area (Å²) in [6.07, 6.45) is 0.895. The number of hydrogen-bond acceptors (Lipinski definition) is 5. The largest absolute Gasteiger partial charge is 0.465 e. The van der Waals surface area contributed by atoms with Crippen LogP contribution in [0.3, 0.4) is 0 Å². The number of ether oxygens (including phenoxy) is 2. The van der Waals surface area contributed by atoms with Crippen molar-refractivity contribution in [1.29, 1.82) is 0 Å². The van der Waals surface area contributed by atoms with E-state index in [0.717, 1.165) is 30.8 Å². The maximum Gasteiger partial charge on any atom is 0.338 e. The molecule has 0 saturated carbocycles. The molecule has 5 nitrogen and oxygen atoms in total. The molecule has 0 radical (unpaired) electrons. The number of benzene rings is 1. The number of carbonyl (C=O) groups excluding carboxylic acids is 1. The standard InChI is InChI=1S/C15H22N2O3/c1-10-4-5-11(8-12(10)15(18)20-3)17-7-6-13(16)14(9-17)19-2/h4-5,8,13-14H,6-7,9,16H2,1-3H3/t13-,14+/m0/s1. The van der Waals surface area contributed by atoms with Crippen LogP contribution in [-0.2, 0) is 9.47 Å². The van der Waals surface area contributed by atoms with Crippen LogP contribution in [-0.4, -0.2) is 45.4 Å². The molecule has 1 aliphatic heterocycles. The average molecular weight is 278 g/mol. The number of nitrogens with zero attached hydrogens (tertiary/aromatic N) is 1. The van der Waals surface area contributed by atoms with Crippen molar-refractivity contribution in [3.63, 3.8) is 0 Å². The first-order valence-corrected chi connectivity index (χ1v) is 6.79. The van der Waals surface area contributed by atoms with E-state index >= 15 is 0 Å². The van der Waals surface area contributed by atoms with Gasteiger partial charge < -0.3 is 20.1 Å². The van der Waals surface area contributed by atoms with Gasteiger partial charge in [0.1, 0.15) is 0 Å². The molecule has 2 rings (SSSR count). The van der Waals surface area contributed by atoms with E-state index in [2.05, 4.69) is 4.90 Å². The summed E-state index contributed by atoms with van der Waals surface area (Å²) in [5.74, 6) is -0.304. The second kappa shape index (κ2) is 6.24. The van der Waals surface area contributed by atoms with E-state index < -0.39 is 0 Å². The van der Waals surface area contributed by atoms with Gasteiger partial charge in [0.25, 0.3) is 0 Å². The molecule has 1 saturated heterocycles. The minimum Gasteiger partial charge on any atom is -0.465 e. The smallest absolute Gasteiger partial charge is 0.338 e. The Bertz CT molecular complexity index is 490. The first-order chi connectivity index (χ1) is 9.56. The minimum atomic E-state index is -0.304. The van der Waals surface area contributed by atoms with Crippen molar-refractivity contribution in [3.05, 3.63) is 29.3 Å². The second-order valence-corrected chi connectivity index (χ2v) is 5.16. The summed E-state index contributed by atoms with van der Waals surface area (Å²) in [4.78, 5) is 14.0. The molecule has 0 bridgehead atoms. The molecule has 1 heterocycles. The summed E-state index contributed by atoms with van der Waals surface area (Å²) in [6, 6.07) is 5.91. The van der Waals surface area contributed by atoms with Gasteiger partial charge in [-0.25, -0.2) is 4.79 Å². The Balaban J connectivity index is 2.23. The zero-order chi connectivity index (χ0) is 14.7. The number of carbonyl (C=O) groups is 1. The average Bonchev–Trinajstić information content (AvgIpc) is 2.47. The third kappa shape index (κ3) is 2.94. The molecule has 2 atom stereocenters. The molecule has 0 aromatic heterocycles. The van der Waals surface area contributed by atoms with Crippen LogP contribution in [0.1, 0.15) is 22.3 Å². The number of aryl methyl sites for hydroxylation is 1. The van der Waals surface area contributed by atoms with Gasteiger partial charge in [-0.1, -0.05) is 6.07 Å². The summed E-state index contributed by atoms with van der Waals surface area (Å²) in [7, 11) is 3.08. The van der Waals surface area contributed by atoms with Crippen molar-refractivity contribution in [2.45, 2.75) is 25.5 Å². The third-order valence-corrected chi connectivity index (χ3v) is 3.90. The summed E-state index contributed by atoms with van der Waals surface area (Å²) in [5.41, 5.74) is 8.55. The number of rotatable bonds is 3. The fraction of sp³-hybridized carbons (Fsp3) is 0.533. The Morgan fingerprint density at radius 3 is 2.80 bits per heavy atom. The van der Waals surface area contributed by atoms with Crippen molar-refractivity contribution in [3.8, 4) is 0 Å². The fourth-order valence-electron chi connectivity index (χ4n) is 2.56. The maximum absolute atomic E-state index is 11.8. The first kappa shape index (κ1) is 14.8. The van der Waals surface area contributed by atoms with Crippen LogP contribution in [0.2, 0.25) is 0 Å². The van der Waals surface area contributed by atoms with E-state index in [9.17, 15) is 4.79 Å². The summed E-state index contributed by atoms with van der Waals surface area (Å²) in [5, 5.41) is 0. The first-order valence-electron chi connectivity index (χ1n) is 6.79. The Labute approximate surface area is 119 Å². The lowest BCUT2D eigenvalue weighted by atomic mass is 10.0. The van der Waals surface area contributed by atoms with E-state index in [1.807, 2.05) is 25.1 Å². The Hall–Kier alpha value is -1.59. The van der Waals surface area contributed by atoms with Crippen LogP contribution < -0.4 is 10.6 Å². The Kier molecular flexibility index (Phi) is 4.62. The second-order valence-electron chi connectivity index (χ2n) is 5.16. The van der Waals surface area contributed by atoms with Gasteiger partial charge in [0.05, 0.1) is 18.8 Å². The Morgan fingerprint density at radius 1 is 1.40 bits per heavy atom. The van der Waals surface area contributed by atoms with Crippen molar-refractivity contribution in [2.24, 2.45) is 5.73 Å². The number of hydrogen-bond donors (Lipinski definition) is 1. The van der Waals surface area contributed by atoms with Crippen LogP contribution in [0.25, 0.3) is 0 Å². The molecule has 1 aromatic rings. The SMILES string of the molecule is COC(=O)c1cc(N2CC[C@H](N)[C@H](OC)C2)ccc1C. The number of methoxy groups -OCH3 is 2. The topological polar surface area (TPSA) is 64.8 Å².